The van der Waals surface area contributed by atoms with Crippen molar-refractivity contribution in [1.29, 1.82) is 0 Å². The van der Waals surface area contributed by atoms with Crippen LogP contribution in [0.1, 0.15) is 32.4 Å². The Morgan fingerprint density at radius 1 is 1.33 bits per heavy atom. The smallest absolute Gasteiger partial charge is 0.410 e. The van der Waals surface area contributed by atoms with Crippen molar-refractivity contribution in [3.63, 3.8) is 0 Å². The molecule has 2 rings (SSSR count). The summed E-state index contributed by atoms with van der Waals surface area (Å²) in [4.78, 5) is 13.6. The van der Waals surface area contributed by atoms with E-state index in [2.05, 4.69) is 5.32 Å². The highest BCUT2D eigenvalue weighted by atomic mass is 19.1. The summed E-state index contributed by atoms with van der Waals surface area (Å²) in [5.74, 6) is -1.31. The van der Waals surface area contributed by atoms with Gasteiger partial charge in [-0.25, -0.2) is 13.6 Å². The lowest BCUT2D eigenvalue weighted by atomic mass is 10.0. The van der Waals surface area contributed by atoms with Crippen LogP contribution >= 0.6 is 0 Å². The van der Waals surface area contributed by atoms with Gasteiger partial charge in [0.2, 0.25) is 0 Å². The number of ether oxygens (including phenoxy) is 1. The standard InChI is InChI=1S/C15H20F2N2O2/c1-15(2,3)21-14(20)19-8-7-18-9-12(19)13-10(16)5-4-6-11(13)17/h4-6,12,18H,7-9H2,1-3H3/t12-/m0/s1. The number of hydrogen-bond acceptors (Lipinski definition) is 3. The fourth-order valence-electron chi connectivity index (χ4n) is 2.33. The molecular formula is C15H20F2N2O2. The maximum absolute atomic E-state index is 14.0. The highest BCUT2D eigenvalue weighted by Gasteiger charge is 2.34. The lowest BCUT2D eigenvalue weighted by molar-refractivity contribution is 0.0111. The third-order valence-corrected chi connectivity index (χ3v) is 3.20. The monoisotopic (exact) mass is 298 g/mol. The van der Waals surface area contributed by atoms with Crippen LogP contribution < -0.4 is 5.32 Å². The van der Waals surface area contributed by atoms with Crippen LogP contribution in [-0.4, -0.2) is 36.2 Å². The zero-order chi connectivity index (χ0) is 15.6. The van der Waals surface area contributed by atoms with Crippen molar-refractivity contribution in [3.8, 4) is 0 Å². The molecule has 1 fully saturated rings. The van der Waals surface area contributed by atoms with Gasteiger partial charge in [-0.3, -0.25) is 4.90 Å². The first kappa shape index (κ1) is 15.7. The van der Waals surface area contributed by atoms with Gasteiger partial charge < -0.3 is 10.1 Å². The normalized spacial score (nSPS) is 19.5. The largest absolute Gasteiger partial charge is 0.444 e. The van der Waals surface area contributed by atoms with Gasteiger partial charge in [0.1, 0.15) is 17.2 Å². The Bertz CT molecular complexity index is 509. The van der Waals surface area contributed by atoms with E-state index in [1.807, 2.05) is 0 Å². The fraction of sp³-hybridized carbons (Fsp3) is 0.533. The summed E-state index contributed by atoms with van der Waals surface area (Å²) < 4.78 is 33.2. The molecule has 0 unspecified atom stereocenters. The molecule has 6 heteroatoms. The summed E-state index contributed by atoms with van der Waals surface area (Å²) in [6.07, 6.45) is -0.559. The number of benzene rings is 1. The molecule has 116 valence electrons. The molecule has 0 radical (unpaired) electrons. The molecule has 0 saturated carbocycles. The second kappa shape index (κ2) is 5.97. The maximum Gasteiger partial charge on any atom is 0.410 e. The van der Waals surface area contributed by atoms with Gasteiger partial charge in [0, 0.05) is 25.2 Å². The van der Waals surface area contributed by atoms with Crippen molar-refractivity contribution in [3.05, 3.63) is 35.4 Å². The fourth-order valence-corrected chi connectivity index (χ4v) is 2.33. The quantitative estimate of drug-likeness (QED) is 0.867. The van der Waals surface area contributed by atoms with Crippen LogP contribution in [0.4, 0.5) is 13.6 Å². The van der Waals surface area contributed by atoms with Crippen LogP contribution in [0.15, 0.2) is 18.2 Å². The zero-order valence-corrected chi connectivity index (χ0v) is 12.5. The maximum atomic E-state index is 14.0. The van der Waals surface area contributed by atoms with Crippen molar-refractivity contribution >= 4 is 6.09 Å². The molecule has 1 aliphatic rings. The number of halogens is 2. The minimum absolute atomic E-state index is 0.101. The van der Waals surface area contributed by atoms with Gasteiger partial charge in [0.05, 0.1) is 6.04 Å². The van der Waals surface area contributed by atoms with E-state index in [1.165, 1.54) is 23.1 Å². The summed E-state index contributed by atoms with van der Waals surface area (Å²) >= 11 is 0. The lowest BCUT2D eigenvalue weighted by Gasteiger charge is -2.37. The topological polar surface area (TPSA) is 41.6 Å². The summed E-state index contributed by atoms with van der Waals surface area (Å²) in [5, 5.41) is 3.05. The van der Waals surface area contributed by atoms with Gasteiger partial charge in [-0.05, 0) is 32.9 Å². The predicted octanol–water partition coefficient (Wildman–Crippen LogP) is 2.85. The molecule has 1 heterocycles. The van der Waals surface area contributed by atoms with Crippen LogP contribution in [-0.2, 0) is 4.74 Å². The van der Waals surface area contributed by atoms with Crippen LogP contribution in [0.25, 0.3) is 0 Å². The minimum atomic E-state index is -0.713. The van der Waals surface area contributed by atoms with E-state index in [4.69, 9.17) is 4.74 Å². The van der Waals surface area contributed by atoms with Crippen LogP contribution in [0, 0.1) is 11.6 Å². The average molecular weight is 298 g/mol. The molecule has 1 saturated heterocycles. The van der Waals surface area contributed by atoms with Crippen molar-refractivity contribution in [2.75, 3.05) is 19.6 Å². The van der Waals surface area contributed by atoms with Gasteiger partial charge in [-0.2, -0.15) is 0 Å². The van der Waals surface area contributed by atoms with E-state index < -0.39 is 29.4 Å². The molecule has 0 aliphatic carbocycles. The molecule has 1 aliphatic heterocycles. The number of hydrogen-bond donors (Lipinski definition) is 1. The molecular weight excluding hydrogens is 278 g/mol. The molecule has 0 bridgehead atoms. The van der Waals surface area contributed by atoms with E-state index in [0.29, 0.717) is 13.1 Å². The zero-order valence-electron chi connectivity index (χ0n) is 12.5. The summed E-state index contributed by atoms with van der Waals surface area (Å²) in [5.41, 5.74) is -0.754. The van der Waals surface area contributed by atoms with E-state index in [-0.39, 0.29) is 12.1 Å². The Morgan fingerprint density at radius 2 is 1.95 bits per heavy atom. The molecule has 0 aromatic heterocycles. The first-order chi connectivity index (χ1) is 9.79. The van der Waals surface area contributed by atoms with Gasteiger partial charge in [0.25, 0.3) is 0 Å². The SMILES string of the molecule is CC(C)(C)OC(=O)N1CCNC[C@H]1c1c(F)cccc1F. The third-order valence-electron chi connectivity index (χ3n) is 3.20. The number of nitrogens with zero attached hydrogens (tertiary/aromatic N) is 1. The Labute approximate surface area is 123 Å². The number of amides is 1. The first-order valence-electron chi connectivity index (χ1n) is 6.94. The number of rotatable bonds is 1. The first-order valence-corrected chi connectivity index (χ1v) is 6.94. The molecule has 1 aromatic carbocycles. The van der Waals surface area contributed by atoms with Crippen molar-refractivity contribution in [2.45, 2.75) is 32.4 Å². The number of piperazine rings is 1. The molecule has 1 amide bonds. The van der Waals surface area contributed by atoms with E-state index >= 15 is 0 Å². The number of carbonyl (C=O) groups excluding carboxylic acids is 1. The van der Waals surface area contributed by atoms with Crippen molar-refractivity contribution in [2.24, 2.45) is 0 Å². The molecule has 4 nitrogen and oxygen atoms in total. The molecule has 21 heavy (non-hydrogen) atoms. The molecule has 1 N–H and O–H groups in total. The Hall–Kier alpha value is -1.69. The van der Waals surface area contributed by atoms with Gasteiger partial charge in [-0.1, -0.05) is 6.07 Å². The van der Waals surface area contributed by atoms with E-state index in [9.17, 15) is 13.6 Å². The molecule has 1 atom stereocenters. The Morgan fingerprint density at radius 3 is 2.52 bits per heavy atom. The van der Waals surface area contributed by atoms with Gasteiger partial charge in [0.15, 0.2) is 0 Å². The van der Waals surface area contributed by atoms with Gasteiger partial charge >= 0.3 is 6.09 Å². The Balaban J connectivity index is 2.29. The van der Waals surface area contributed by atoms with Crippen LogP contribution in [0.5, 0.6) is 0 Å². The minimum Gasteiger partial charge on any atom is -0.444 e. The van der Waals surface area contributed by atoms with Crippen molar-refractivity contribution in [1.82, 2.24) is 10.2 Å². The van der Waals surface area contributed by atoms with Crippen molar-refractivity contribution < 1.29 is 18.3 Å². The predicted molar refractivity (Wildman–Crippen MR) is 74.9 cm³/mol. The van der Waals surface area contributed by atoms with E-state index in [1.54, 1.807) is 20.8 Å². The number of carbonyl (C=O) groups is 1. The van der Waals surface area contributed by atoms with E-state index in [0.717, 1.165) is 0 Å². The van der Waals surface area contributed by atoms with Crippen LogP contribution in [0.3, 0.4) is 0 Å². The highest BCUT2D eigenvalue weighted by molar-refractivity contribution is 5.69. The summed E-state index contributed by atoms with van der Waals surface area (Å²) in [7, 11) is 0. The third kappa shape index (κ3) is 3.69. The van der Waals surface area contributed by atoms with Crippen LogP contribution in [0.2, 0.25) is 0 Å². The molecule has 0 spiro atoms. The lowest BCUT2D eigenvalue weighted by Crippen LogP contribution is -2.50. The molecule has 1 aromatic rings. The second-order valence-electron chi connectivity index (χ2n) is 6.03. The average Bonchev–Trinajstić information content (AvgIpc) is 2.37. The van der Waals surface area contributed by atoms with Gasteiger partial charge in [-0.15, -0.1) is 0 Å². The summed E-state index contributed by atoms with van der Waals surface area (Å²) in [6.45, 7) is 6.46. The highest BCUT2D eigenvalue weighted by Crippen LogP contribution is 2.28. The second-order valence-corrected chi connectivity index (χ2v) is 6.03. The number of nitrogens with one attached hydrogen (secondary N) is 1. The Kier molecular flexibility index (Phi) is 4.46. The summed E-state index contributed by atoms with van der Waals surface area (Å²) in [6, 6.07) is 2.98.